The molecule has 1 amide bonds. The van der Waals surface area contributed by atoms with Gasteiger partial charge in [0, 0.05) is 12.2 Å². The van der Waals surface area contributed by atoms with Gasteiger partial charge in [0.1, 0.15) is 0 Å². The van der Waals surface area contributed by atoms with Crippen LogP contribution in [-0.2, 0) is 4.79 Å². The number of para-hydroxylation sites is 1. The lowest BCUT2D eigenvalue weighted by atomic mass is 10.2. The fourth-order valence-corrected chi connectivity index (χ4v) is 1.73. The lowest BCUT2D eigenvalue weighted by molar-refractivity contribution is -0.127. The summed E-state index contributed by atoms with van der Waals surface area (Å²) in [5.74, 6) is -0.353. The molecule has 0 aliphatic rings. The molecule has 0 unspecified atom stereocenters. The van der Waals surface area contributed by atoms with Gasteiger partial charge >= 0.3 is 6.18 Å². The van der Waals surface area contributed by atoms with E-state index in [1.807, 2.05) is 13.0 Å². The number of alkyl halides is 3. The molecule has 112 valence electrons. The maximum absolute atomic E-state index is 12.0. The zero-order chi connectivity index (χ0) is 15.0. The van der Waals surface area contributed by atoms with Gasteiger partial charge in [-0.2, -0.15) is 13.2 Å². The lowest BCUT2D eigenvalue weighted by Gasteiger charge is -2.23. The molecule has 20 heavy (non-hydrogen) atoms. The molecule has 1 N–H and O–H groups in total. The van der Waals surface area contributed by atoms with Gasteiger partial charge in [-0.1, -0.05) is 31.5 Å². The minimum atomic E-state index is -4.30. The molecule has 0 heterocycles. The zero-order valence-corrected chi connectivity index (χ0v) is 11.4. The second kappa shape index (κ2) is 7.89. The highest BCUT2D eigenvalue weighted by Crippen LogP contribution is 2.15. The Kier molecular flexibility index (Phi) is 6.51. The highest BCUT2D eigenvalue weighted by atomic mass is 19.4. The number of halogens is 3. The summed E-state index contributed by atoms with van der Waals surface area (Å²) in [4.78, 5) is 13.6. The SMILES string of the molecule is CCCCN(C(=O)CNCC(F)(F)F)c1ccccc1. The minimum absolute atomic E-state index is 0.321. The molecular formula is C14H19F3N2O. The van der Waals surface area contributed by atoms with E-state index in [-0.39, 0.29) is 12.5 Å². The van der Waals surface area contributed by atoms with Crippen molar-refractivity contribution < 1.29 is 18.0 Å². The molecule has 0 aliphatic heterocycles. The largest absolute Gasteiger partial charge is 0.401 e. The Morgan fingerprint density at radius 3 is 2.45 bits per heavy atom. The van der Waals surface area contributed by atoms with E-state index in [9.17, 15) is 18.0 Å². The monoisotopic (exact) mass is 288 g/mol. The topological polar surface area (TPSA) is 32.3 Å². The summed E-state index contributed by atoms with van der Waals surface area (Å²) in [5.41, 5.74) is 0.708. The quantitative estimate of drug-likeness (QED) is 0.836. The van der Waals surface area contributed by atoms with Crippen molar-refractivity contribution in [1.82, 2.24) is 5.32 Å². The van der Waals surface area contributed by atoms with E-state index < -0.39 is 12.7 Å². The smallest absolute Gasteiger partial charge is 0.311 e. The van der Waals surface area contributed by atoms with E-state index >= 15 is 0 Å². The first-order valence-corrected chi connectivity index (χ1v) is 6.57. The van der Waals surface area contributed by atoms with Crippen LogP contribution in [0.4, 0.5) is 18.9 Å². The molecule has 0 radical (unpaired) electrons. The Labute approximate surface area is 116 Å². The van der Waals surface area contributed by atoms with Crippen LogP contribution in [0.25, 0.3) is 0 Å². The number of carbonyl (C=O) groups is 1. The summed E-state index contributed by atoms with van der Waals surface area (Å²) in [6, 6.07) is 8.97. The van der Waals surface area contributed by atoms with Gasteiger partial charge in [0.05, 0.1) is 13.1 Å². The van der Waals surface area contributed by atoms with Crippen molar-refractivity contribution in [2.45, 2.75) is 25.9 Å². The van der Waals surface area contributed by atoms with Crippen LogP contribution in [0.1, 0.15) is 19.8 Å². The molecule has 0 saturated heterocycles. The molecular weight excluding hydrogens is 269 g/mol. The Bertz CT molecular complexity index is 407. The number of benzene rings is 1. The van der Waals surface area contributed by atoms with Gasteiger partial charge in [0.2, 0.25) is 5.91 Å². The van der Waals surface area contributed by atoms with E-state index in [1.54, 1.807) is 24.3 Å². The summed E-state index contributed by atoms with van der Waals surface area (Å²) >= 11 is 0. The van der Waals surface area contributed by atoms with Crippen molar-refractivity contribution in [1.29, 1.82) is 0 Å². The van der Waals surface area contributed by atoms with E-state index in [4.69, 9.17) is 0 Å². The molecule has 0 spiro atoms. The van der Waals surface area contributed by atoms with Crippen molar-refractivity contribution in [3.8, 4) is 0 Å². The highest BCUT2D eigenvalue weighted by Gasteiger charge is 2.27. The van der Waals surface area contributed by atoms with Crippen molar-refractivity contribution in [3.63, 3.8) is 0 Å². The fourth-order valence-electron chi connectivity index (χ4n) is 1.73. The van der Waals surface area contributed by atoms with Crippen LogP contribution < -0.4 is 10.2 Å². The number of carbonyl (C=O) groups excluding carboxylic acids is 1. The normalized spacial score (nSPS) is 11.4. The first-order chi connectivity index (χ1) is 9.44. The number of hydrogen-bond donors (Lipinski definition) is 1. The van der Waals surface area contributed by atoms with Crippen molar-refractivity contribution in [3.05, 3.63) is 30.3 Å². The Hall–Kier alpha value is -1.56. The summed E-state index contributed by atoms with van der Waals surface area (Å²) in [7, 11) is 0. The van der Waals surface area contributed by atoms with Gasteiger partial charge in [-0.05, 0) is 18.6 Å². The van der Waals surface area contributed by atoms with Crippen LogP contribution in [0.5, 0.6) is 0 Å². The number of anilines is 1. The third-order valence-electron chi connectivity index (χ3n) is 2.71. The first kappa shape index (κ1) is 16.5. The lowest BCUT2D eigenvalue weighted by Crippen LogP contribution is -2.41. The molecule has 1 rings (SSSR count). The Morgan fingerprint density at radius 2 is 1.90 bits per heavy atom. The number of unbranched alkanes of at least 4 members (excludes halogenated alkanes) is 1. The summed E-state index contributed by atoms with van der Waals surface area (Å²) < 4.78 is 36.1. The zero-order valence-electron chi connectivity index (χ0n) is 11.4. The van der Waals surface area contributed by atoms with Crippen LogP contribution in [0.3, 0.4) is 0 Å². The van der Waals surface area contributed by atoms with Crippen molar-refractivity contribution >= 4 is 11.6 Å². The van der Waals surface area contributed by atoms with Gasteiger partial charge in [0.15, 0.2) is 0 Å². The first-order valence-electron chi connectivity index (χ1n) is 6.57. The third kappa shape index (κ3) is 6.06. The van der Waals surface area contributed by atoms with E-state index in [2.05, 4.69) is 5.32 Å². The molecule has 1 aromatic carbocycles. The maximum atomic E-state index is 12.0. The summed E-state index contributed by atoms with van der Waals surface area (Å²) in [5, 5.41) is 2.14. The average molecular weight is 288 g/mol. The number of nitrogens with zero attached hydrogens (tertiary/aromatic N) is 1. The van der Waals surface area contributed by atoms with Gasteiger partial charge in [-0.25, -0.2) is 0 Å². The van der Waals surface area contributed by atoms with Crippen molar-refractivity contribution in [2.24, 2.45) is 0 Å². The molecule has 6 heteroatoms. The van der Waals surface area contributed by atoms with E-state index in [0.717, 1.165) is 12.8 Å². The molecule has 0 aromatic heterocycles. The van der Waals surface area contributed by atoms with E-state index in [0.29, 0.717) is 12.2 Å². The second-order valence-electron chi connectivity index (χ2n) is 4.45. The summed E-state index contributed by atoms with van der Waals surface area (Å²) in [6.45, 7) is 1.02. The Morgan fingerprint density at radius 1 is 1.25 bits per heavy atom. The van der Waals surface area contributed by atoms with E-state index in [1.165, 1.54) is 4.90 Å². The van der Waals surface area contributed by atoms with Gasteiger partial charge < -0.3 is 10.2 Å². The van der Waals surface area contributed by atoms with Gasteiger partial charge in [-0.3, -0.25) is 4.79 Å². The van der Waals surface area contributed by atoms with Crippen LogP contribution in [0.2, 0.25) is 0 Å². The van der Waals surface area contributed by atoms with Gasteiger partial charge in [-0.15, -0.1) is 0 Å². The van der Waals surface area contributed by atoms with Crippen LogP contribution >= 0.6 is 0 Å². The average Bonchev–Trinajstić information content (AvgIpc) is 2.39. The third-order valence-corrected chi connectivity index (χ3v) is 2.71. The minimum Gasteiger partial charge on any atom is -0.311 e. The Balaban J connectivity index is 2.61. The number of nitrogens with one attached hydrogen (secondary N) is 1. The number of hydrogen-bond acceptors (Lipinski definition) is 2. The molecule has 3 nitrogen and oxygen atoms in total. The molecule has 0 fully saturated rings. The van der Waals surface area contributed by atoms with Crippen LogP contribution in [0, 0.1) is 0 Å². The predicted molar refractivity (Wildman–Crippen MR) is 72.6 cm³/mol. The molecule has 1 aromatic rings. The standard InChI is InChI=1S/C14H19F3N2O/c1-2-3-9-19(12-7-5-4-6-8-12)13(20)10-18-11-14(15,16)17/h4-8,18H,2-3,9-11H2,1H3. The number of rotatable bonds is 7. The number of amides is 1. The molecule has 0 saturated carbocycles. The maximum Gasteiger partial charge on any atom is 0.401 e. The van der Waals surface area contributed by atoms with Crippen LogP contribution in [-0.4, -0.2) is 31.7 Å². The highest BCUT2D eigenvalue weighted by molar-refractivity contribution is 5.94. The fraction of sp³-hybridized carbons (Fsp3) is 0.500. The van der Waals surface area contributed by atoms with Crippen molar-refractivity contribution in [2.75, 3.05) is 24.5 Å². The van der Waals surface area contributed by atoms with Gasteiger partial charge in [0.25, 0.3) is 0 Å². The molecule has 0 aliphatic carbocycles. The summed E-state index contributed by atoms with van der Waals surface area (Å²) in [6.07, 6.45) is -2.59. The molecule has 0 bridgehead atoms. The van der Waals surface area contributed by atoms with Crippen LogP contribution in [0.15, 0.2) is 30.3 Å². The second-order valence-corrected chi connectivity index (χ2v) is 4.45. The molecule has 0 atom stereocenters. The predicted octanol–water partition coefficient (Wildman–Crippen LogP) is 2.97.